The van der Waals surface area contributed by atoms with Gasteiger partial charge in [0.05, 0.1) is 38.1 Å². The number of carbonyl (C=O) groups is 2. The summed E-state index contributed by atoms with van der Waals surface area (Å²) in [5.74, 6) is -1.28. The van der Waals surface area contributed by atoms with Gasteiger partial charge in [-0.2, -0.15) is 0 Å². The molecule has 0 radical (unpaired) electrons. The van der Waals surface area contributed by atoms with Crippen LogP contribution in [0.15, 0.2) is 72.9 Å². The first-order chi connectivity index (χ1) is 26.9. The highest BCUT2D eigenvalue weighted by molar-refractivity contribution is 7.47. The van der Waals surface area contributed by atoms with Crippen LogP contribution in [0.4, 0.5) is 0 Å². The number of hydrogen-bond donors (Lipinski definition) is 6. The van der Waals surface area contributed by atoms with Crippen molar-refractivity contribution in [2.75, 3.05) is 26.4 Å². The molecule has 0 aromatic rings. The van der Waals surface area contributed by atoms with Gasteiger partial charge in [0, 0.05) is 12.8 Å². The molecule has 14 heteroatoms. The Hall–Kier alpha value is -2.71. The quantitative estimate of drug-likeness (QED) is 0.0124. The maximum Gasteiger partial charge on any atom is 0.472 e. The summed E-state index contributed by atoms with van der Waals surface area (Å²) >= 11 is 0. The van der Waals surface area contributed by atoms with Gasteiger partial charge in [-0.05, 0) is 57.8 Å². The number of esters is 2. The predicted octanol–water partition coefficient (Wildman–Crippen LogP) is 7.02. The second-order valence-electron chi connectivity index (χ2n) is 13.5. The molecule has 6 N–H and O–H groups in total. The van der Waals surface area contributed by atoms with E-state index in [9.17, 15) is 39.5 Å². The minimum absolute atomic E-state index is 0.0592. The molecule has 6 atom stereocenters. The lowest BCUT2D eigenvalue weighted by Crippen LogP contribution is -2.30. The lowest BCUT2D eigenvalue weighted by atomic mass is 10.1. The largest absolute Gasteiger partial charge is 0.472 e. The summed E-state index contributed by atoms with van der Waals surface area (Å²) in [7, 11) is -4.72. The van der Waals surface area contributed by atoms with E-state index in [1.54, 1.807) is 42.5 Å². The monoisotopic (exact) mass is 814 g/mol. The number of aliphatic hydroxyl groups is 5. The van der Waals surface area contributed by atoms with E-state index < -0.39 is 76.7 Å². The zero-order chi connectivity index (χ0) is 41.7. The van der Waals surface area contributed by atoms with Gasteiger partial charge >= 0.3 is 19.8 Å². The number of allylic oxidation sites excluding steroid dienone is 9. The minimum atomic E-state index is -4.72. The Morgan fingerprint density at radius 3 is 1.91 bits per heavy atom. The van der Waals surface area contributed by atoms with Crippen LogP contribution >= 0.6 is 7.82 Å². The molecule has 0 rings (SSSR count). The summed E-state index contributed by atoms with van der Waals surface area (Å²) < 4.78 is 32.4. The van der Waals surface area contributed by atoms with Gasteiger partial charge in [0.25, 0.3) is 0 Å². The molecule has 0 aromatic carbocycles. The maximum atomic E-state index is 12.6. The van der Waals surface area contributed by atoms with E-state index in [-0.39, 0.29) is 25.7 Å². The number of ether oxygens (including phenoxy) is 2. The molecule has 0 saturated carbocycles. The molecule has 0 aliphatic carbocycles. The average molecular weight is 815 g/mol. The van der Waals surface area contributed by atoms with Crippen LogP contribution in [-0.4, -0.2) is 99.3 Å². The maximum absolute atomic E-state index is 12.6. The number of rotatable bonds is 36. The van der Waals surface area contributed by atoms with Crippen LogP contribution in [0.5, 0.6) is 0 Å². The van der Waals surface area contributed by atoms with E-state index in [0.717, 1.165) is 44.9 Å². The first-order valence-electron chi connectivity index (χ1n) is 20.2. The zero-order valence-electron chi connectivity index (χ0n) is 33.7. The van der Waals surface area contributed by atoms with Crippen molar-refractivity contribution in [3.8, 4) is 0 Å². The lowest BCUT2D eigenvalue weighted by molar-refractivity contribution is -0.161. The van der Waals surface area contributed by atoms with Crippen molar-refractivity contribution < 1.29 is 63.1 Å². The first-order valence-corrected chi connectivity index (χ1v) is 21.7. The van der Waals surface area contributed by atoms with Gasteiger partial charge in [0.15, 0.2) is 6.10 Å². The highest BCUT2D eigenvalue weighted by atomic mass is 31.2. The fraction of sp³-hybridized carbons (Fsp3) is 0.667. The highest BCUT2D eigenvalue weighted by Crippen LogP contribution is 2.43. The molecule has 0 amide bonds. The molecule has 0 spiro atoms. The minimum Gasteiger partial charge on any atom is -0.462 e. The molecule has 13 nitrogen and oxygen atoms in total. The molecule has 0 aliphatic rings. The number of phosphoric ester groups is 1. The van der Waals surface area contributed by atoms with Crippen molar-refractivity contribution in [2.24, 2.45) is 0 Å². The zero-order valence-corrected chi connectivity index (χ0v) is 34.5. The highest BCUT2D eigenvalue weighted by Gasteiger charge is 2.27. The van der Waals surface area contributed by atoms with Crippen molar-refractivity contribution >= 4 is 19.8 Å². The molecule has 0 aromatic heterocycles. The van der Waals surface area contributed by atoms with E-state index in [4.69, 9.17) is 19.1 Å². The van der Waals surface area contributed by atoms with Gasteiger partial charge in [-0.3, -0.25) is 18.6 Å². The third-order valence-corrected chi connectivity index (χ3v) is 9.14. The molecule has 0 aliphatic heterocycles. The number of aliphatic hydroxyl groups excluding tert-OH is 5. The molecule has 0 fully saturated rings. The van der Waals surface area contributed by atoms with Gasteiger partial charge in [-0.15, -0.1) is 0 Å². The Labute approximate surface area is 335 Å². The summed E-state index contributed by atoms with van der Waals surface area (Å²) in [6.07, 6.45) is 29.6. The van der Waals surface area contributed by atoms with E-state index in [0.29, 0.717) is 12.8 Å². The Morgan fingerprint density at radius 1 is 0.661 bits per heavy atom. The van der Waals surface area contributed by atoms with Crippen LogP contribution < -0.4 is 0 Å². The number of phosphoric acid groups is 1. The topological polar surface area (TPSA) is 210 Å². The summed E-state index contributed by atoms with van der Waals surface area (Å²) in [5.41, 5.74) is 0. The number of unbranched alkanes of at least 4 members (excludes halogenated alkanes) is 9. The van der Waals surface area contributed by atoms with Crippen LogP contribution in [0.25, 0.3) is 0 Å². The van der Waals surface area contributed by atoms with Gasteiger partial charge in [0.2, 0.25) is 0 Å². The van der Waals surface area contributed by atoms with Crippen LogP contribution in [0, 0.1) is 0 Å². The van der Waals surface area contributed by atoms with Crippen molar-refractivity contribution in [1.82, 2.24) is 0 Å². The third-order valence-electron chi connectivity index (χ3n) is 8.19. The predicted molar refractivity (Wildman–Crippen MR) is 218 cm³/mol. The fourth-order valence-electron chi connectivity index (χ4n) is 4.92. The van der Waals surface area contributed by atoms with Crippen LogP contribution in [-0.2, 0) is 32.7 Å². The molecule has 56 heavy (non-hydrogen) atoms. The summed E-state index contributed by atoms with van der Waals surface area (Å²) in [6.45, 7) is 1.73. The van der Waals surface area contributed by atoms with Crippen molar-refractivity contribution in [3.05, 3.63) is 72.9 Å². The standard InChI is InChI=1S/C42H71O13P/c1-3-5-7-8-9-10-11-12-13-14-15-20-24-30-41(48)52-34-38(35-54-56(50,51)53-33-37(45)32-43)55-42(49)31-25-29-40(47)39(46)28-23-19-17-16-18-22-27-36(44)26-21-6-4-2/h6,10-11,16-19,21-23,27-28,36-40,43-47H,3-5,7-9,12-15,20,24-26,29-35H2,1-2H3,(H,50,51)/b11-10-,18-16+,19-17-,21-6-,27-22+,28-23-/t36-,37-,38+,39+,40+/m0/s1. The van der Waals surface area contributed by atoms with Crippen molar-refractivity contribution in [1.29, 1.82) is 0 Å². The number of carbonyl (C=O) groups excluding carboxylic acids is 2. The van der Waals surface area contributed by atoms with E-state index in [2.05, 4.69) is 23.6 Å². The van der Waals surface area contributed by atoms with Gasteiger partial charge in [0.1, 0.15) is 12.7 Å². The molecule has 0 heterocycles. The summed E-state index contributed by atoms with van der Waals surface area (Å²) in [6, 6.07) is 0. The van der Waals surface area contributed by atoms with Gasteiger partial charge in [-0.1, -0.05) is 125 Å². The molecule has 0 saturated heterocycles. The van der Waals surface area contributed by atoms with E-state index in [1.165, 1.54) is 31.8 Å². The summed E-state index contributed by atoms with van der Waals surface area (Å²) in [4.78, 5) is 34.9. The molecule has 1 unspecified atom stereocenters. The van der Waals surface area contributed by atoms with E-state index >= 15 is 0 Å². The fourth-order valence-corrected chi connectivity index (χ4v) is 5.71. The Bertz CT molecular complexity index is 1210. The van der Waals surface area contributed by atoms with Crippen molar-refractivity contribution in [3.63, 3.8) is 0 Å². The molecular weight excluding hydrogens is 743 g/mol. The van der Waals surface area contributed by atoms with Crippen LogP contribution in [0.1, 0.15) is 123 Å². The molecular formula is C42H71O13P. The van der Waals surface area contributed by atoms with E-state index in [1.807, 2.05) is 19.1 Å². The smallest absolute Gasteiger partial charge is 0.462 e. The Balaban J connectivity index is 4.73. The second-order valence-corrected chi connectivity index (χ2v) is 14.9. The van der Waals surface area contributed by atoms with Crippen LogP contribution in [0.2, 0.25) is 0 Å². The average Bonchev–Trinajstić information content (AvgIpc) is 3.17. The third kappa shape index (κ3) is 34.5. The SMILES string of the molecule is CC/C=C\C[C@H](O)/C=C/C=C/C=C\C=C/[C@@H](O)[C@H](O)CCCC(=O)O[C@H](COC(=O)CCCCCCC/C=C\CCCCCC)COP(=O)(O)OC[C@@H](O)CO. The molecule has 0 bridgehead atoms. The van der Waals surface area contributed by atoms with Gasteiger partial charge in [-0.25, -0.2) is 4.57 Å². The van der Waals surface area contributed by atoms with Crippen molar-refractivity contribution in [2.45, 2.75) is 154 Å². The number of hydrogen-bond acceptors (Lipinski definition) is 12. The first kappa shape index (κ1) is 53.3. The van der Waals surface area contributed by atoms with Crippen LogP contribution in [0.3, 0.4) is 0 Å². The van der Waals surface area contributed by atoms with Gasteiger partial charge < -0.3 is 39.9 Å². The Kier molecular flexibility index (Phi) is 34.8. The lowest BCUT2D eigenvalue weighted by Gasteiger charge is -2.20. The Morgan fingerprint density at radius 2 is 1.25 bits per heavy atom. The normalized spacial score (nSPS) is 16.4. The second kappa shape index (κ2) is 36.6. The molecule has 322 valence electrons. The summed E-state index contributed by atoms with van der Waals surface area (Å²) in [5, 5.41) is 48.7.